The van der Waals surface area contributed by atoms with E-state index < -0.39 is 12.6 Å². The number of alkyl halides is 3. The Morgan fingerprint density at radius 1 is 1.42 bits per heavy atom. The van der Waals surface area contributed by atoms with Crippen molar-refractivity contribution in [1.82, 2.24) is 0 Å². The van der Waals surface area contributed by atoms with Crippen molar-refractivity contribution in [2.45, 2.75) is 32.4 Å². The second-order valence-electron chi connectivity index (χ2n) is 2.67. The average molecular weight is 180 g/mol. The van der Waals surface area contributed by atoms with Gasteiger partial charge < -0.3 is 0 Å². The van der Waals surface area contributed by atoms with Gasteiger partial charge in [-0.2, -0.15) is 13.2 Å². The highest BCUT2D eigenvalue weighted by atomic mass is 19.4. The Hall–Kier alpha value is -0.800. The molecule has 0 rings (SSSR count). The predicted molar refractivity (Wildman–Crippen MR) is 39.7 cm³/mol. The maximum Gasteiger partial charge on any atom is 0.389 e. The van der Waals surface area contributed by atoms with Crippen LogP contribution >= 0.6 is 0 Å². The molecule has 1 nitrogen and oxygen atoms in total. The summed E-state index contributed by atoms with van der Waals surface area (Å²) in [5.41, 5.74) is 0.317. The normalized spacial score (nSPS) is 11.3. The van der Waals surface area contributed by atoms with Crippen LogP contribution in [0.15, 0.2) is 12.2 Å². The third-order valence-electron chi connectivity index (χ3n) is 1.34. The van der Waals surface area contributed by atoms with Gasteiger partial charge in [0.05, 0.1) is 0 Å². The zero-order valence-corrected chi connectivity index (χ0v) is 6.87. The Kier molecular flexibility index (Phi) is 4.00. The van der Waals surface area contributed by atoms with Crippen LogP contribution in [-0.4, -0.2) is 12.0 Å². The minimum atomic E-state index is -4.16. The highest BCUT2D eigenvalue weighted by Gasteiger charge is 2.26. The number of Topliss-reactive ketones (excluding diaryl/α,β-unsaturated/α-hetero) is 1. The van der Waals surface area contributed by atoms with E-state index in [1.54, 1.807) is 0 Å². The number of halogens is 3. The second kappa shape index (κ2) is 4.28. The number of hydrogen-bond donors (Lipinski definition) is 0. The van der Waals surface area contributed by atoms with Crippen molar-refractivity contribution in [3.05, 3.63) is 12.2 Å². The van der Waals surface area contributed by atoms with Crippen LogP contribution in [0.3, 0.4) is 0 Å². The third-order valence-corrected chi connectivity index (χ3v) is 1.34. The first-order valence-corrected chi connectivity index (χ1v) is 3.58. The summed E-state index contributed by atoms with van der Waals surface area (Å²) in [6.07, 6.45) is -5.26. The van der Waals surface area contributed by atoms with Gasteiger partial charge in [0.15, 0.2) is 5.78 Å². The zero-order valence-electron chi connectivity index (χ0n) is 6.87. The van der Waals surface area contributed by atoms with Crippen LogP contribution in [0.25, 0.3) is 0 Å². The molecule has 4 heteroatoms. The van der Waals surface area contributed by atoms with Gasteiger partial charge in [0.25, 0.3) is 0 Å². The van der Waals surface area contributed by atoms with Gasteiger partial charge in [0.1, 0.15) is 0 Å². The number of carbonyl (C=O) groups is 1. The van der Waals surface area contributed by atoms with Gasteiger partial charge >= 0.3 is 6.18 Å². The number of hydrogen-bond acceptors (Lipinski definition) is 1. The summed E-state index contributed by atoms with van der Waals surface area (Å²) >= 11 is 0. The number of rotatable bonds is 4. The largest absolute Gasteiger partial charge is 0.389 e. The molecule has 0 saturated heterocycles. The van der Waals surface area contributed by atoms with E-state index in [9.17, 15) is 18.0 Å². The highest BCUT2D eigenvalue weighted by molar-refractivity contribution is 5.93. The fourth-order valence-corrected chi connectivity index (χ4v) is 0.663. The van der Waals surface area contributed by atoms with E-state index in [1.165, 1.54) is 6.92 Å². The molecule has 0 radical (unpaired) electrons. The van der Waals surface area contributed by atoms with Crippen molar-refractivity contribution in [3.63, 3.8) is 0 Å². The van der Waals surface area contributed by atoms with Crippen LogP contribution in [0.5, 0.6) is 0 Å². The van der Waals surface area contributed by atoms with Crippen LogP contribution in [0, 0.1) is 0 Å². The first kappa shape index (κ1) is 11.2. The van der Waals surface area contributed by atoms with E-state index in [0.29, 0.717) is 5.57 Å². The van der Waals surface area contributed by atoms with Crippen LogP contribution in [0.4, 0.5) is 13.2 Å². The van der Waals surface area contributed by atoms with Gasteiger partial charge in [0, 0.05) is 12.8 Å². The van der Waals surface area contributed by atoms with E-state index in [4.69, 9.17) is 0 Å². The molecule has 0 N–H and O–H groups in total. The lowest BCUT2D eigenvalue weighted by atomic mass is 10.1. The molecule has 0 saturated carbocycles. The van der Waals surface area contributed by atoms with E-state index >= 15 is 0 Å². The molecule has 0 aromatic heterocycles. The minimum Gasteiger partial charge on any atom is -0.295 e. The predicted octanol–water partition coefficient (Wildman–Crippen LogP) is 2.86. The summed E-state index contributed by atoms with van der Waals surface area (Å²) < 4.78 is 34.7. The molecule has 0 aromatic carbocycles. The van der Waals surface area contributed by atoms with E-state index in [-0.39, 0.29) is 18.6 Å². The first-order chi connectivity index (χ1) is 5.33. The van der Waals surface area contributed by atoms with E-state index in [1.807, 2.05) is 0 Å². The van der Waals surface area contributed by atoms with Crippen LogP contribution in [-0.2, 0) is 4.79 Å². The van der Waals surface area contributed by atoms with E-state index in [2.05, 4.69) is 6.58 Å². The fourth-order valence-electron chi connectivity index (χ4n) is 0.663. The summed E-state index contributed by atoms with van der Waals surface area (Å²) in [6, 6.07) is 0. The van der Waals surface area contributed by atoms with Crippen molar-refractivity contribution in [3.8, 4) is 0 Å². The van der Waals surface area contributed by atoms with Gasteiger partial charge in [-0.05, 0) is 18.9 Å². The molecule has 0 heterocycles. The SMILES string of the molecule is C=C(C)C(=O)CCCC(F)(F)F. The lowest BCUT2D eigenvalue weighted by molar-refractivity contribution is -0.136. The summed E-state index contributed by atoms with van der Waals surface area (Å²) in [4.78, 5) is 10.8. The minimum absolute atomic E-state index is 0.0607. The molecule has 0 aromatic rings. The number of allylic oxidation sites excluding steroid dienone is 1. The summed E-state index contributed by atoms with van der Waals surface area (Å²) in [5, 5.41) is 0. The zero-order chi connectivity index (χ0) is 9.78. The Labute approximate surface area is 69.3 Å². The molecular formula is C8H11F3O. The Morgan fingerprint density at radius 3 is 2.25 bits per heavy atom. The van der Waals surface area contributed by atoms with Gasteiger partial charge in [-0.1, -0.05) is 6.58 Å². The first-order valence-electron chi connectivity index (χ1n) is 3.58. The lowest BCUT2D eigenvalue weighted by Crippen LogP contribution is -2.08. The van der Waals surface area contributed by atoms with Crippen molar-refractivity contribution in [1.29, 1.82) is 0 Å². The summed E-state index contributed by atoms with van der Waals surface area (Å²) in [6.45, 7) is 4.84. The lowest BCUT2D eigenvalue weighted by Gasteiger charge is -2.04. The maximum atomic E-state index is 11.6. The molecule has 0 aliphatic heterocycles. The average Bonchev–Trinajstić information content (AvgIpc) is 1.84. The quantitative estimate of drug-likeness (QED) is 0.608. The Bertz CT molecular complexity index is 181. The Balaban J connectivity index is 3.58. The molecule has 12 heavy (non-hydrogen) atoms. The monoisotopic (exact) mass is 180 g/mol. The van der Waals surface area contributed by atoms with Gasteiger partial charge in [-0.15, -0.1) is 0 Å². The molecule has 0 spiro atoms. The van der Waals surface area contributed by atoms with Crippen molar-refractivity contribution in [2.75, 3.05) is 0 Å². The number of ketones is 1. The number of carbonyl (C=O) groups excluding carboxylic acids is 1. The molecule has 0 amide bonds. The molecule has 0 bridgehead atoms. The van der Waals surface area contributed by atoms with Gasteiger partial charge in [0.2, 0.25) is 0 Å². The van der Waals surface area contributed by atoms with Crippen molar-refractivity contribution in [2.24, 2.45) is 0 Å². The van der Waals surface area contributed by atoms with Crippen molar-refractivity contribution < 1.29 is 18.0 Å². The smallest absolute Gasteiger partial charge is 0.295 e. The molecule has 0 unspecified atom stereocenters. The van der Waals surface area contributed by atoms with Crippen molar-refractivity contribution >= 4 is 5.78 Å². The molecule has 0 atom stereocenters. The standard InChI is InChI=1S/C8H11F3O/c1-6(2)7(12)4-3-5-8(9,10)11/h1,3-5H2,2H3. The molecular weight excluding hydrogens is 169 g/mol. The van der Waals surface area contributed by atoms with Crippen LogP contribution in [0.1, 0.15) is 26.2 Å². The molecule has 70 valence electrons. The van der Waals surface area contributed by atoms with Crippen LogP contribution in [0.2, 0.25) is 0 Å². The molecule has 0 aliphatic carbocycles. The van der Waals surface area contributed by atoms with Gasteiger partial charge in [-0.25, -0.2) is 0 Å². The molecule has 0 aliphatic rings. The maximum absolute atomic E-state index is 11.6. The Morgan fingerprint density at radius 2 is 1.92 bits per heavy atom. The topological polar surface area (TPSA) is 17.1 Å². The summed E-state index contributed by atoms with van der Waals surface area (Å²) in [7, 11) is 0. The summed E-state index contributed by atoms with van der Waals surface area (Å²) in [5.74, 6) is -0.292. The fraction of sp³-hybridized carbons (Fsp3) is 0.625. The van der Waals surface area contributed by atoms with Gasteiger partial charge in [-0.3, -0.25) is 4.79 Å². The highest BCUT2D eigenvalue weighted by Crippen LogP contribution is 2.22. The third kappa shape index (κ3) is 5.95. The molecule has 0 fully saturated rings. The van der Waals surface area contributed by atoms with Crippen LogP contribution < -0.4 is 0 Å². The van der Waals surface area contributed by atoms with E-state index in [0.717, 1.165) is 0 Å². The second-order valence-corrected chi connectivity index (χ2v) is 2.67.